The summed E-state index contributed by atoms with van der Waals surface area (Å²) in [7, 11) is 1.68. The fraction of sp³-hybridized carbons (Fsp3) is 0.429. The van der Waals surface area contributed by atoms with Crippen LogP contribution in [0.4, 0.5) is 0 Å². The molecule has 0 aliphatic carbocycles. The van der Waals surface area contributed by atoms with Crippen molar-refractivity contribution in [3.05, 3.63) is 41.5 Å². The molecule has 16 heavy (non-hydrogen) atoms. The molecule has 0 saturated carbocycles. The van der Waals surface area contributed by atoms with Gasteiger partial charge < -0.3 is 10.5 Å². The third-order valence-electron chi connectivity index (χ3n) is 2.86. The summed E-state index contributed by atoms with van der Waals surface area (Å²) in [5, 5.41) is 0. The van der Waals surface area contributed by atoms with Crippen LogP contribution in [0.1, 0.15) is 36.9 Å². The SMILES string of the molecule is C=C(CC)CC(N)c1ccc(OC)c(C)c1. The number of aryl methyl sites for hydroxylation is 1. The van der Waals surface area contributed by atoms with Crippen LogP contribution in [0.15, 0.2) is 30.4 Å². The van der Waals surface area contributed by atoms with Gasteiger partial charge in [-0.2, -0.15) is 0 Å². The maximum Gasteiger partial charge on any atom is 0.121 e. The smallest absolute Gasteiger partial charge is 0.121 e. The van der Waals surface area contributed by atoms with E-state index in [-0.39, 0.29) is 6.04 Å². The number of ether oxygens (including phenoxy) is 1. The van der Waals surface area contributed by atoms with Crippen LogP contribution >= 0.6 is 0 Å². The van der Waals surface area contributed by atoms with Gasteiger partial charge in [0.25, 0.3) is 0 Å². The van der Waals surface area contributed by atoms with Crippen LogP contribution in [0.3, 0.4) is 0 Å². The molecule has 1 aromatic rings. The topological polar surface area (TPSA) is 35.2 Å². The molecule has 1 aromatic carbocycles. The van der Waals surface area contributed by atoms with Gasteiger partial charge in [-0.25, -0.2) is 0 Å². The highest BCUT2D eigenvalue weighted by Crippen LogP contribution is 2.24. The van der Waals surface area contributed by atoms with E-state index in [4.69, 9.17) is 10.5 Å². The van der Waals surface area contributed by atoms with E-state index >= 15 is 0 Å². The molecular weight excluding hydrogens is 198 g/mol. The first-order valence-electron chi connectivity index (χ1n) is 5.65. The van der Waals surface area contributed by atoms with Crippen LogP contribution in [-0.2, 0) is 0 Å². The Morgan fingerprint density at radius 1 is 1.50 bits per heavy atom. The first kappa shape index (κ1) is 12.8. The average Bonchev–Trinajstić information content (AvgIpc) is 2.28. The molecule has 1 atom stereocenters. The number of methoxy groups -OCH3 is 1. The largest absolute Gasteiger partial charge is 0.496 e. The summed E-state index contributed by atoms with van der Waals surface area (Å²) in [6.07, 6.45) is 1.84. The van der Waals surface area contributed by atoms with Gasteiger partial charge in [-0.3, -0.25) is 0 Å². The van der Waals surface area contributed by atoms with Gasteiger partial charge in [0.05, 0.1) is 7.11 Å². The zero-order valence-corrected chi connectivity index (χ0v) is 10.4. The Kier molecular flexibility index (Phi) is 4.56. The summed E-state index contributed by atoms with van der Waals surface area (Å²) >= 11 is 0. The molecule has 0 bridgehead atoms. The van der Waals surface area contributed by atoms with E-state index in [1.165, 1.54) is 5.57 Å². The van der Waals surface area contributed by atoms with Crippen molar-refractivity contribution in [1.82, 2.24) is 0 Å². The Morgan fingerprint density at radius 2 is 2.19 bits per heavy atom. The number of nitrogens with two attached hydrogens (primary N) is 1. The third-order valence-corrected chi connectivity index (χ3v) is 2.86. The highest BCUT2D eigenvalue weighted by Gasteiger charge is 2.08. The maximum atomic E-state index is 6.13. The predicted molar refractivity (Wildman–Crippen MR) is 68.7 cm³/mol. The van der Waals surface area contributed by atoms with Gasteiger partial charge in [0, 0.05) is 6.04 Å². The first-order valence-corrected chi connectivity index (χ1v) is 5.65. The Labute approximate surface area is 98.1 Å². The molecule has 0 radical (unpaired) electrons. The second-order valence-electron chi connectivity index (χ2n) is 4.14. The summed E-state index contributed by atoms with van der Waals surface area (Å²) < 4.78 is 5.22. The monoisotopic (exact) mass is 219 g/mol. The van der Waals surface area contributed by atoms with Crippen molar-refractivity contribution in [3.63, 3.8) is 0 Å². The zero-order valence-electron chi connectivity index (χ0n) is 10.4. The highest BCUT2D eigenvalue weighted by molar-refractivity contribution is 5.37. The van der Waals surface area contributed by atoms with Crippen LogP contribution < -0.4 is 10.5 Å². The Balaban J connectivity index is 2.80. The second kappa shape index (κ2) is 5.71. The molecule has 0 amide bonds. The van der Waals surface area contributed by atoms with E-state index in [9.17, 15) is 0 Å². The minimum Gasteiger partial charge on any atom is -0.496 e. The Morgan fingerprint density at radius 3 is 2.69 bits per heavy atom. The van der Waals surface area contributed by atoms with Crippen molar-refractivity contribution >= 4 is 0 Å². The zero-order chi connectivity index (χ0) is 12.1. The lowest BCUT2D eigenvalue weighted by Crippen LogP contribution is -2.11. The van der Waals surface area contributed by atoms with Crippen LogP contribution in [0.5, 0.6) is 5.75 Å². The molecule has 1 unspecified atom stereocenters. The van der Waals surface area contributed by atoms with E-state index in [1.54, 1.807) is 7.11 Å². The molecule has 2 nitrogen and oxygen atoms in total. The van der Waals surface area contributed by atoms with E-state index in [1.807, 2.05) is 19.1 Å². The fourth-order valence-electron chi connectivity index (χ4n) is 1.71. The number of hydrogen-bond acceptors (Lipinski definition) is 2. The number of benzene rings is 1. The number of rotatable bonds is 5. The summed E-state index contributed by atoms with van der Waals surface area (Å²) in [5.74, 6) is 0.908. The molecule has 0 fully saturated rings. The fourth-order valence-corrected chi connectivity index (χ4v) is 1.71. The van der Waals surface area contributed by atoms with Crippen molar-refractivity contribution in [3.8, 4) is 5.75 Å². The van der Waals surface area contributed by atoms with Crippen molar-refractivity contribution in [1.29, 1.82) is 0 Å². The van der Waals surface area contributed by atoms with Crippen molar-refractivity contribution in [2.45, 2.75) is 32.7 Å². The van der Waals surface area contributed by atoms with E-state index in [0.29, 0.717) is 0 Å². The molecule has 0 saturated heterocycles. The number of hydrogen-bond donors (Lipinski definition) is 1. The highest BCUT2D eigenvalue weighted by atomic mass is 16.5. The van der Waals surface area contributed by atoms with Gasteiger partial charge >= 0.3 is 0 Å². The summed E-state index contributed by atoms with van der Waals surface area (Å²) in [6, 6.07) is 6.13. The molecule has 2 N–H and O–H groups in total. The lowest BCUT2D eigenvalue weighted by molar-refractivity contribution is 0.411. The van der Waals surface area contributed by atoms with E-state index in [0.717, 1.165) is 29.7 Å². The van der Waals surface area contributed by atoms with E-state index in [2.05, 4.69) is 19.6 Å². The molecule has 0 spiro atoms. The molecule has 0 aliphatic rings. The van der Waals surface area contributed by atoms with Crippen LogP contribution in [0.2, 0.25) is 0 Å². The molecule has 88 valence electrons. The Hall–Kier alpha value is -1.28. The second-order valence-corrected chi connectivity index (χ2v) is 4.14. The van der Waals surface area contributed by atoms with Crippen molar-refractivity contribution in [2.75, 3.05) is 7.11 Å². The van der Waals surface area contributed by atoms with Gasteiger partial charge in [0.2, 0.25) is 0 Å². The molecule has 0 aromatic heterocycles. The predicted octanol–water partition coefficient (Wildman–Crippen LogP) is 3.36. The minimum atomic E-state index is 0.0389. The van der Waals surface area contributed by atoms with Gasteiger partial charge in [-0.05, 0) is 37.0 Å². The molecule has 0 aliphatic heterocycles. The molecular formula is C14H21NO. The van der Waals surface area contributed by atoms with Crippen LogP contribution in [-0.4, -0.2) is 7.11 Å². The van der Waals surface area contributed by atoms with Crippen molar-refractivity contribution in [2.24, 2.45) is 5.73 Å². The quantitative estimate of drug-likeness (QED) is 0.771. The maximum absolute atomic E-state index is 6.13. The third kappa shape index (κ3) is 3.11. The first-order chi connectivity index (χ1) is 7.58. The van der Waals surface area contributed by atoms with Crippen molar-refractivity contribution < 1.29 is 4.74 Å². The summed E-state index contributed by atoms with van der Waals surface area (Å²) in [6.45, 7) is 8.13. The normalized spacial score (nSPS) is 12.2. The van der Waals surface area contributed by atoms with Crippen LogP contribution in [0, 0.1) is 6.92 Å². The molecule has 1 rings (SSSR count). The van der Waals surface area contributed by atoms with Gasteiger partial charge in [-0.15, -0.1) is 0 Å². The summed E-state index contributed by atoms with van der Waals surface area (Å²) in [5.41, 5.74) is 9.59. The average molecular weight is 219 g/mol. The Bertz CT molecular complexity index is 371. The van der Waals surface area contributed by atoms with Crippen LogP contribution in [0.25, 0.3) is 0 Å². The van der Waals surface area contributed by atoms with Gasteiger partial charge in [0.15, 0.2) is 0 Å². The lowest BCUT2D eigenvalue weighted by Gasteiger charge is -2.15. The summed E-state index contributed by atoms with van der Waals surface area (Å²) in [4.78, 5) is 0. The van der Waals surface area contributed by atoms with Gasteiger partial charge in [0.1, 0.15) is 5.75 Å². The molecule has 2 heteroatoms. The molecule has 0 heterocycles. The van der Waals surface area contributed by atoms with E-state index < -0.39 is 0 Å². The van der Waals surface area contributed by atoms with Gasteiger partial charge in [-0.1, -0.05) is 31.2 Å². The lowest BCUT2D eigenvalue weighted by atomic mass is 9.98. The minimum absolute atomic E-state index is 0.0389. The standard InChI is InChI=1S/C14H21NO/c1-5-10(2)8-13(15)12-6-7-14(16-4)11(3)9-12/h6-7,9,13H,2,5,8,15H2,1,3-4H3.